The molecule has 0 aliphatic heterocycles. The van der Waals surface area contributed by atoms with E-state index in [0.717, 1.165) is 12.1 Å². The van der Waals surface area contributed by atoms with Gasteiger partial charge in [0.05, 0.1) is 5.56 Å². The summed E-state index contributed by atoms with van der Waals surface area (Å²) in [5.74, 6) is -0.631. The van der Waals surface area contributed by atoms with Gasteiger partial charge in [-0.05, 0) is 48.0 Å². The Balaban J connectivity index is 1.91. The van der Waals surface area contributed by atoms with Crippen molar-refractivity contribution in [2.75, 3.05) is 11.9 Å². The molecule has 0 spiro atoms. The Kier molecular flexibility index (Phi) is 6.00. The normalized spacial score (nSPS) is 11.3. The number of nitrogens with two attached hydrogens (primary N) is 1. The molecule has 5 nitrogen and oxygen atoms in total. The van der Waals surface area contributed by atoms with Crippen LogP contribution in [0.5, 0.6) is 5.75 Å². The fraction of sp³-hybridized carbons (Fsp3) is 0.111. The van der Waals surface area contributed by atoms with E-state index < -0.39 is 23.6 Å². The van der Waals surface area contributed by atoms with Crippen LogP contribution >= 0.6 is 0 Å². The molecule has 2 amide bonds. The highest BCUT2D eigenvalue weighted by Gasteiger charge is 2.29. The zero-order valence-electron chi connectivity index (χ0n) is 13.4. The minimum absolute atomic E-state index is 0.248. The third-order valence-corrected chi connectivity index (χ3v) is 3.17. The van der Waals surface area contributed by atoms with Crippen molar-refractivity contribution in [1.29, 1.82) is 0 Å². The summed E-state index contributed by atoms with van der Waals surface area (Å²) in [5, 5.41) is 2.59. The van der Waals surface area contributed by atoms with E-state index in [4.69, 9.17) is 10.5 Å². The molecule has 0 bridgehead atoms. The van der Waals surface area contributed by atoms with E-state index in [-0.39, 0.29) is 6.61 Å². The highest BCUT2D eigenvalue weighted by molar-refractivity contribution is 6.01. The Labute approximate surface area is 147 Å². The van der Waals surface area contributed by atoms with Gasteiger partial charge < -0.3 is 15.8 Å². The standard InChI is InChI=1S/C18H15F3N2O3/c19-18(20,21)13-4-1-12(2-5-13)3-10-17(25)23-14-6-8-15(9-7-14)26-11-16(22)24/h1-10H,11H2,(H2,22,24)(H,23,25)/b10-3+. The minimum Gasteiger partial charge on any atom is -0.484 e. The summed E-state index contributed by atoms with van der Waals surface area (Å²) in [6, 6.07) is 10.7. The molecule has 0 saturated heterocycles. The first-order chi connectivity index (χ1) is 12.2. The van der Waals surface area contributed by atoms with Crippen LogP contribution in [-0.2, 0) is 15.8 Å². The zero-order chi connectivity index (χ0) is 19.2. The molecule has 2 rings (SSSR count). The quantitative estimate of drug-likeness (QED) is 0.772. The number of anilines is 1. The number of nitrogens with one attached hydrogen (secondary N) is 1. The Bertz CT molecular complexity index is 798. The van der Waals surface area contributed by atoms with Crippen LogP contribution in [0.3, 0.4) is 0 Å². The van der Waals surface area contributed by atoms with Gasteiger partial charge >= 0.3 is 6.18 Å². The average Bonchev–Trinajstić information content (AvgIpc) is 2.59. The van der Waals surface area contributed by atoms with Crippen LogP contribution < -0.4 is 15.8 Å². The highest BCUT2D eigenvalue weighted by Crippen LogP contribution is 2.29. The third-order valence-electron chi connectivity index (χ3n) is 3.17. The van der Waals surface area contributed by atoms with Gasteiger partial charge in [-0.2, -0.15) is 13.2 Å². The topological polar surface area (TPSA) is 81.4 Å². The fourth-order valence-electron chi connectivity index (χ4n) is 1.93. The number of ether oxygens (including phenoxy) is 1. The molecule has 0 fully saturated rings. The fourth-order valence-corrected chi connectivity index (χ4v) is 1.93. The van der Waals surface area contributed by atoms with E-state index in [2.05, 4.69) is 5.32 Å². The Morgan fingerprint density at radius 3 is 2.19 bits per heavy atom. The van der Waals surface area contributed by atoms with Crippen molar-refractivity contribution >= 4 is 23.6 Å². The summed E-state index contributed by atoms with van der Waals surface area (Å²) in [6.07, 6.45) is -1.78. The van der Waals surface area contributed by atoms with Crippen LogP contribution in [0.15, 0.2) is 54.6 Å². The van der Waals surface area contributed by atoms with E-state index in [1.807, 2.05) is 0 Å². The van der Waals surface area contributed by atoms with Gasteiger partial charge in [0.1, 0.15) is 5.75 Å². The van der Waals surface area contributed by atoms with Crippen LogP contribution in [0.25, 0.3) is 6.08 Å². The van der Waals surface area contributed by atoms with E-state index in [1.54, 1.807) is 24.3 Å². The molecule has 0 saturated carbocycles. The lowest BCUT2D eigenvalue weighted by Crippen LogP contribution is -2.20. The number of rotatable bonds is 6. The number of halogens is 3. The summed E-state index contributed by atoms with van der Waals surface area (Å²) in [6.45, 7) is -0.248. The molecule has 0 aromatic heterocycles. The third kappa shape index (κ3) is 5.97. The molecule has 8 heteroatoms. The number of benzene rings is 2. The van der Waals surface area contributed by atoms with Gasteiger partial charge in [0.25, 0.3) is 5.91 Å². The molecule has 0 unspecified atom stereocenters. The summed E-state index contributed by atoms with van der Waals surface area (Å²) in [4.78, 5) is 22.5. The van der Waals surface area contributed by atoms with Crippen LogP contribution in [0.1, 0.15) is 11.1 Å². The predicted octanol–water partition coefficient (Wildman–Crippen LogP) is 3.22. The van der Waals surface area contributed by atoms with E-state index >= 15 is 0 Å². The zero-order valence-corrected chi connectivity index (χ0v) is 13.4. The van der Waals surface area contributed by atoms with Gasteiger partial charge in [-0.1, -0.05) is 12.1 Å². The predicted molar refractivity (Wildman–Crippen MR) is 90.2 cm³/mol. The van der Waals surface area contributed by atoms with Gasteiger partial charge in [0.15, 0.2) is 6.61 Å². The first kappa shape index (κ1) is 19.0. The number of hydrogen-bond donors (Lipinski definition) is 2. The maximum Gasteiger partial charge on any atom is 0.416 e. The van der Waals surface area contributed by atoms with Crippen LogP contribution in [0.2, 0.25) is 0 Å². The molecule has 0 heterocycles. The second-order valence-corrected chi connectivity index (χ2v) is 5.22. The van der Waals surface area contributed by atoms with Gasteiger partial charge in [0.2, 0.25) is 5.91 Å². The number of carbonyl (C=O) groups is 2. The van der Waals surface area contributed by atoms with Crippen LogP contribution in [-0.4, -0.2) is 18.4 Å². The molecule has 26 heavy (non-hydrogen) atoms. The van der Waals surface area contributed by atoms with Crippen molar-refractivity contribution in [3.8, 4) is 5.75 Å². The Morgan fingerprint density at radius 2 is 1.65 bits per heavy atom. The Hall–Kier alpha value is -3.29. The van der Waals surface area contributed by atoms with Gasteiger partial charge in [0, 0.05) is 11.8 Å². The molecule has 2 aromatic rings. The lowest BCUT2D eigenvalue weighted by atomic mass is 10.1. The van der Waals surface area contributed by atoms with E-state index in [9.17, 15) is 22.8 Å². The molecule has 0 aliphatic rings. The lowest BCUT2D eigenvalue weighted by molar-refractivity contribution is -0.137. The first-order valence-electron chi connectivity index (χ1n) is 7.41. The van der Waals surface area contributed by atoms with Gasteiger partial charge in [-0.3, -0.25) is 9.59 Å². The molecule has 0 atom stereocenters. The van der Waals surface area contributed by atoms with E-state index in [1.165, 1.54) is 24.3 Å². The van der Waals surface area contributed by atoms with Crippen molar-refractivity contribution in [2.24, 2.45) is 5.73 Å². The molecule has 0 radical (unpaired) electrons. The van der Waals surface area contributed by atoms with Crippen LogP contribution in [0, 0.1) is 0 Å². The summed E-state index contributed by atoms with van der Waals surface area (Å²) in [5.41, 5.74) is 5.16. The summed E-state index contributed by atoms with van der Waals surface area (Å²) in [7, 11) is 0. The average molecular weight is 364 g/mol. The molecule has 136 valence electrons. The molecule has 0 aliphatic carbocycles. The maximum atomic E-state index is 12.5. The lowest BCUT2D eigenvalue weighted by Gasteiger charge is -2.06. The van der Waals surface area contributed by atoms with Crippen molar-refractivity contribution < 1.29 is 27.5 Å². The number of carbonyl (C=O) groups excluding carboxylic acids is 2. The second-order valence-electron chi connectivity index (χ2n) is 5.22. The van der Waals surface area contributed by atoms with Crippen molar-refractivity contribution in [2.45, 2.75) is 6.18 Å². The van der Waals surface area contributed by atoms with Gasteiger partial charge in [-0.25, -0.2) is 0 Å². The smallest absolute Gasteiger partial charge is 0.416 e. The monoisotopic (exact) mass is 364 g/mol. The largest absolute Gasteiger partial charge is 0.484 e. The molecule has 2 aromatic carbocycles. The number of alkyl halides is 3. The molecular weight excluding hydrogens is 349 g/mol. The summed E-state index contributed by atoms with van der Waals surface area (Å²) < 4.78 is 42.5. The SMILES string of the molecule is NC(=O)COc1ccc(NC(=O)/C=C/c2ccc(C(F)(F)F)cc2)cc1. The molecular formula is C18H15F3N2O3. The second kappa shape index (κ2) is 8.19. The van der Waals surface area contributed by atoms with Crippen molar-refractivity contribution in [1.82, 2.24) is 0 Å². The van der Waals surface area contributed by atoms with Crippen molar-refractivity contribution in [3.05, 3.63) is 65.7 Å². The number of amides is 2. The molecule has 3 N–H and O–H groups in total. The van der Waals surface area contributed by atoms with Crippen LogP contribution in [0.4, 0.5) is 18.9 Å². The number of primary amides is 1. The summed E-state index contributed by atoms with van der Waals surface area (Å²) >= 11 is 0. The Morgan fingerprint density at radius 1 is 1.04 bits per heavy atom. The highest BCUT2D eigenvalue weighted by atomic mass is 19.4. The van der Waals surface area contributed by atoms with Gasteiger partial charge in [-0.15, -0.1) is 0 Å². The first-order valence-corrected chi connectivity index (χ1v) is 7.41. The minimum atomic E-state index is -4.40. The van der Waals surface area contributed by atoms with Crippen molar-refractivity contribution in [3.63, 3.8) is 0 Å². The number of hydrogen-bond acceptors (Lipinski definition) is 3. The maximum absolute atomic E-state index is 12.5. The van der Waals surface area contributed by atoms with E-state index in [0.29, 0.717) is 17.0 Å².